The molecule has 1 aromatic carbocycles. The molecule has 1 fully saturated rings. The van der Waals surface area contributed by atoms with E-state index in [1.54, 1.807) is 36.7 Å². The number of aliphatic hydroxyl groups is 1. The van der Waals surface area contributed by atoms with Crippen molar-refractivity contribution < 1.29 is 29.2 Å². The molecule has 0 saturated heterocycles. The number of carbonyl (C=O) groups is 1. The summed E-state index contributed by atoms with van der Waals surface area (Å²) >= 11 is 0. The summed E-state index contributed by atoms with van der Waals surface area (Å²) in [5.41, 5.74) is 0.529. The van der Waals surface area contributed by atoms with Gasteiger partial charge in [-0.25, -0.2) is 0 Å². The Morgan fingerprint density at radius 2 is 1.96 bits per heavy atom. The Hall–Kier alpha value is -2.87. The summed E-state index contributed by atoms with van der Waals surface area (Å²) in [5.74, 6) is -0.333. The average Bonchev–Trinajstić information content (AvgIpc) is 2.69. The first kappa shape index (κ1) is 19.9. The fourth-order valence-electron chi connectivity index (χ4n) is 3.00. The zero-order valence-corrected chi connectivity index (χ0v) is 15.8. The van der Waals surface area contributed by atoms with Gasteiger partial charge in [0, 0.05) is 0 Å². The third-order valence-corrected chi connectivity index (χ3v) is 4.83. The van der Waals surface area contributed by atoms with Crippen LogP contribution in [0.3, 0.4) is 0 Å². The normalized spacial score (nSPS) is 20.5. The Balaban J connectivity index is 1.44. The number of nitrogens with zero attached hydrogens (tertiary/aromatic N) is 2. The molecular weight excluding hydrogens is 364 g/mol. The Kier molecular flexibility index (Phi) is 6.30. The number of ether oxygens (including phenoxy) is 3. The number of rotatable bonds is 9. The molecule has 1 heterocycles. The van der Waals surface area contributed by atoms with Gasteiger partial charge >= 0.3 is 12.0 Å². The fraction of sp³-hybridized carbons (Fsp3) is 0.450. The monoisotopic (exact) mass is 388 g/mol. The SMILES string of the molecule is COc1ncc(OC2CC(COc3cccc([C@H](O)[C@H](C)C(=O)O)c3)C2)cn1. The lowest BCUT2D eigenvalue weighted by atomic mass is 9.83. The fourth-order valence-corrected chi connectivity index (χ4v) is 3.00. The zero-order valence-electron chi connectivity index (χ0n) is 15.8. The maximum atomic E-state index is 11.0. The Morgan fingerprint density at radius 3 is 2.61 bits per heavy atom. The average molecular weight is 388 g/mol. The topological polar surface area (TPSA) is 111 Å². The largest absolute Gasteiger partial charge is 0.493 e. The molecule has 2 aromatic rings. The number of carboxylic acids is 1. The van der Waals surface area contributed by atoms with Crippen molar-refractivity contribution in [3.63, 3.8) is 0 Å². The van der Waals surface area contributed by atoms with Crippen LogP contribution in [0.15, 0.2) is 36.7 Å². The Bertz CT molecular complexity index is 792. The molecule has 0 radical (unpaired) electrons. The summed E-state index contributed by atoms with van der Waals surface area (Å²) in [7, 11) is 1.51. The number of benzene rings is 1. The van der Waals surface area contributed by atoms with Gasteiger partial charge in [-0.2, -0.15) is 9.97 Å². The van der Waals surface area contributed by atoms with Crippen molar-refractivity contribution in [3.05, 3.63) is 42.2 Å². The van der Waals surface area contributed by atoms with E-state index in [9.17, 15) is 9.90 Å². The van der Waals surface area contributed by atoms with Crippen LogP contribution in [-0.2, 0) is 4.79 Å². The van der Waals surface area contributed by atoms with Crippen LogP contribution >= 0.6 is 0 Å². The maximum absolute atomic E-state index is 11.0. The summed E-state index contributed by atoms with van der Waals surface area (Å²) in [6.45, 7) is 2.01. The number of aromatic nitrogens is 2. The molecule has 2 atom stereocenters. The van der Waals surface area contributed by atoms with E-state index in [-0.39, 0.29) is 6.10 Å². The number of carboxylic acid groups (broad SMARTS) is 1. The second-order valence-corrected chi connectivity index (χ2v) is 6.94. The molecule has 1 aromatic heterocycles. The Labute approximate surface area is 163 Å². The lowest BCUT2D eigenvalue weighted by molar-refractivity contribution is -0.145. The van der Waals surface area contributed by atoms with E-state index in [2.05, 4.69) is 9.97 Å². The molecule has 28 heavy (non-hydrogen) atoms. The number of hydrogen-bond donors (Lipinski definition) is 2. The number of methoxy groups -OCH3 is 1. The van der Waals surface area contributed by atoms with Crippen LogP contribution < -0.4 is 14.2 Å². The van der Waals surface area contributed by atoms with Gasteiger partial charge in [0.05, 0.1) is 44.2 Å². The highest BCUT2D eigenvalue weighted by atomic mass is 16.5. The minimum absolute atomic E-state index is 0.107. The molecule has 3 rings (SSSR count). The molecule has 0 bridgehead atoms. The molecule has 150 valence electrons. The van der Waals surface area contributed by atoms with Crippen molar-refractivity contribution in [2.45, 2.75) is 32.0 Å². The number of hydrogen-bond acceptors (Lipinski definition) is 7. The van der Waals surface area contributed by atoms with Crippen molar-refractivity contribution in [3.8, 4) is 17.5 Å². The van der Waals surface area contributed by atoms with Crippen molar-refractivity contribution >= 4 is 5.97 Å². The molecule has 8 heteroatoms. The van der Waals surface area contributed by atoms with Crippen LogP contribution in [0.5, 0.6) is 17.5 Å². The van der Waals surface area contributed by atoms with Crippen LogP contribution in [0.25, 0.3) is 0 Å². The zero-order chi connectivity index (χ0) is 20.1. The lowest BCUT2D eigenvalue weighted by Gasteiger charge is -2.35. The minimum atomic E-state index is -1.07. The Morgan fingerprint density at radius 1 is 1.25 bits per heavy atom. The number of aliphatic carboxylic acids is 1. The van der Waals surface area contributed by atoms with E-state index >= 15 is 0 Å². The quantitative estimate of drug-likeness (QED) is 0.674. The molecule has 0 unspecified atom stereocenters. The first-order valence-corrected chi connectivity index (χ1v) is 9.12. The van der Waals surface area contributed by atoms with Crippen LogP contribution in [0.2, 0.25) is 0 Å². The highest BCUT2D eigenvalue weighted by Gasteiger charge is 2.31. The smallest absolute Gasteiger partial charge is 0.316 e. The van der Waals surface area contributed by atoms with E-state index < -0.39 is 18.0 Å². The summed E-state index contributed by atoms with van der Waals surface area (Å²) in [4.78, 5) is 19.1. The van der Waals surface area contributed by atoms with E-state index in [1.807, 2.05) is 0 Å². The molecular formula is C20H24N2O6. The van der Waals surface area contributed by atoms with Gasteiger partial charge in [0.1, 0.15) is 5.75 Å². The van der Waals surface area contributed by atoms with Crippen molar-refractivity contribution in [2.24, 2.45) is 11.8 Å². The van der Waals surface area contributed by atoms with E-state index in [1.165, 1.54) is 14.0 Å². The van der Waals surface area contributed by atoms with Crippen LogP contribution in [0, 0.1) is 11.8 Å². The van der Waals surface area contributed by atoms with Gasteiger partial charge in [-0.3, -0.25) is 4.79 Å². The van der Waals surface area contributed by atoms with Gasteiger partial charge in [-0.1, -0.05) is 12.1 Å². The van der Waals surface area contributed by atoms with E-state index in [0.29, 0.717) is 35.6 Å². The first-order valence-electron chi connectivity index (χ1n) is 9.12. The minimum Gasteiger partial charge on any atom is -0.493 e. The summed E-state index contributed by atoms with van der Waals surface area (Å²) in [6, 6.07) is 7.23. The second kappa shape index (κ2) is 8.88. The predicted molar refractivity (Wildman–Crippen MR) is 99.4 cm³/mol. The summed E-state index contributed by atoms with van der Waals surface area (Å²) in [6.07, 6.45) is 3.94. The van der Waals surface area contributed by atoms with Crippen molar-refractivity contribution in [1.29, 1.82) is 0 Å². The third-order valence-electron chi connectivity index (χ3n) is 4.83. The molecule has 2 N–H and O–H groups in total. The highest BCUT2D eigenvalue weighted by Crippen LogP contribution is 2.32. The van der Waals surface area contributed by atoms with Gasteiger partial charge in [0.25, 0.3) is 0 Å². The van der Waals surface area contributed by atoms with Gasteiger partial charge < -0.3 is 24.4 Å². The molecule has 1 saturated carbocycles. The highest BCUT2D eigenvalue weighted by molar-refractivity contribution is 5.70. The molecule has 0 spiro atoms. The molecule has 0 amide bonds. The van der Waals surface area contributed by atoms with Gasteiger partial charge in [0.2, 0.25) is 0 Å². The van der Waals surface area contributed by atoms with E-state index in [0.717, 1.165) is 12.8 Å². The van der Waals surface area contributed by atoms with Gasteiger partial charge in [-0.15, -0.1) is 0 Å². The molecule has 8 nitrogen and oxygen atoms in total. The second-order valence-electron chi connectivity index (χ2n) is 6.94. The van der Waals surface area contributed by atoms with Gasteiger partial charge in [0.15, 0.2) is 5.75 Å². The number of aliphatic hydroxyl groups excluding tert-OH is 1. The maximum Gasteiger partial charge on any atom is 0.316 e. The van der Waals surface area contributed by atoms with E-state index in [4.69, 9.17) is 19.3 Å². The predicted octanol–water partition coefficient (Wildman–Crippen LogP) is 2.48. The molecule has 1 aliphatic carbocycles. The van der Waals surface area contributed by atoms with Crippen LogP contribution in [0.1, 0.15) is 31.4 Å². The standard InChI is InChI=1S/C20H24N2O6/c1-12(19(24)25)18(23)14-4-3-5-15(8-14)27-11-13-6-16(7-13)28-17-9-21-20(26-2)22-10-17/h3-5,8-10,12-13,16,18,23H,6-7,11H2,1-2H3,(H,24,25)/t12-,13?,16?,18+/m0/s1. The van der Waals surface area contributed by atoms with Crippen molar-refractivity contribution in [1.82, 2.24) is 9.97 Å². The summed E-state index contributed by atoms with van der Waals surface area (Å²) in [5, 5.41) is 19.2. The van der Waals surface area contributed by atoms with Gasteiger partial charge in [-0.05, 0) is 43.4 Å². The molecule has 1 aliphatic rings. The lowest BCUT2D eigenvalue weighted by Crippen LogP contribution is -2.37. The first-order chi connectivity index (χ1) is 13.5. The third kappa shape index (κ3) is 4.89. The van der Waals surface area contributed by atoms with Crippen LogP contribution in [-0.4, -0.2) is 46.0 Å². The van der Waals surface area contributed by atoms with Crippen molar-refractivity contribution in [2.75, 3.05) is 13.7 Å². The summed E-state index contributed by atoms with van der Waals surface area (Å²) < 4.78 is 16.5. The molecule has 0 aliphatic heterocycles. The van der Waals surface area contributed by atoms with Crippen LogP contribution in [0.4, 0.5) is 0 Å².